The number of urea groups is 1. The van der Waals surface area contributed by atoms with Crippen molar-refractivity contribution in [2.24, 2.45) is 5.73 Å². The lowest BCUT2D eigenvalue weighted by atomic mass is 10.1. The lowest BCUT2D eigenvalue weighted by molar-refractivity contribution is 0.102. The molecule has 1 aliphatic rings. The molecule has 1 atom stereocenters. The highest BCUT2D eigenvalue weighted by atomic mass is 32.1. The first-order valence-corrected chi connectivity index (χ1v) is 11.9. The fraction of sp³-hybridized carbons (Fsp3) is 0.304. The Hall–Kier alpha value is -3.70. The SMILES string of the molecule is CCNC(=O)Nc1ccc(-c2nc(C(=O)Nc3cnccc3N3CCC[C@H](N)C3)c(N)s2)cc1. The van der Waals surface area contributed by atoms with Crippen molar-refractivity contribution in [1.82, 2.24) is 15.3 Å². The quantitative estimate of drug-likeness (QED) is 0.363. The standard InChI is InChI=1S/C23H28N8O2S/c1-2-27-23(33)28-16-7-5-14(6-8-16)22-30-19(20(25)34-22)21(32)29-17-12-26-10-9-18(17)31-11-3-4-15(24)13-31/h5-10,12,15H,2-4,11,13,24-25H2,1H3,(H,29,32)(H2,27,28,33)/t15-/m0/s1. The van der Waals surface area contributed by atoms with Crippen molar-refractivity contribution in [1.29, 1.82) is 0 Å². The van der Waals surface area contributed by atoms with Crippen molar-refractivity contribution < 1.29 is 9.59 Å². The summed E-state index contributed by atoms with van der Waals surface area (Å²) in [7, 11) is 0. The minimum absolute atomic E-state index is 0.102. The van der Waals surface area contributed by atoms with Gasteiger partial charge in [0.1, 0.15) is 10.0 Å². The predicted octanol–water partition coefficient (Wildman–Crippen LogP) is 3.11. The predicted molar refractivity (Wildman–Crippen MR) is 136 cm³/mol. The summed E-state index contributed by atoms with van der Waals surface area (Å²) in [6, 6.07) is 8.89. The number of thiazole rings is 1. The summed E-state index contributed by atoms with van der Waals surface area (Å²) in [4.78, 5) is 35.5. The molecule has 0 unspecified atom stereocenters. The third-order valence-electron chi connectivity index (χ3n) is 5.44. The van der Waals surface area contributed by atoms with Crippen LogP contribution in [-0.4, -0.2) is 47.6 Å². The van der Waals surface area contributed by atoms with Gasteiger partial charge in [-0.2, -0.15) is 0 Å². The minimum Gasteiger partial charge on any atom is -0.389 e. The Balaban J connectivity index is 1.49. The van der Waals surface area contributed by atoms with Gasteiger partial charge in [0.25, 0.3) is 5.91 Å². The number of piperidine rings is 1. The van der Waals surface area contributed by atoms with E-state index in [9.17, 15) is 9.59 Å². The molecule has 0 aliphatic carbocycles. The van der Waals surface area contributed by atoms with Crippen LogP contribution in [0.5, 0.6) is 0 Å². The average Bonchev–Trinajstić information content (AvgIpc) is 3.22. The summed E-state index contributed by atoms with van der Waals surface area (Å²) in [5.74, 6) is -0.398. The number of carbonyl (C=O) groups excluding carboxylic acids is 2. The maximum Gasteiger partial charge on any atom is 0.319 e. The Morgan fingerprint density at radius 3 is 2.74 bits per heavy atom. The number of nitrogens with zero attached hydrogens (tertiary/aromatic N) is 3. The first-order valence-electron chi connectivity index (χ1n) is 11.1. The van der Waals surface area contributed by atoms with Crippen LogP contribution < -0.4 is 32.3 Å². The number of anilines is 4. The molecule has 2 aromatic heterocycles. The number of hydrogen-bond acceptors (Lipinski definition) is 8. The molecular weight excluding hydrogens is 452 g/mol. The number of amides is 3. The molecule has 3 aromatic rings. The Bertz CT molecular complexity index is 1160. The Labute approximate surface area is 201 Å². The summed E-state index contributed by atoms with van der Waals surface area (Å²) in [6.45, 7) is 3.98. The van der Waals surface area contributed by atoms with Crippen LogP contribution in [0, 0.1) is 0 Å². The van der Waals surface area contributed by atoms with Gasteiger partial charge in [0.05, 0.1) is 17.6 Å². The van der Waals surface area contributed by atoms with Gasteiger partial charge in [-0.3, -0.25) is 9.78 Å². The first-order chi connectivity index (χ1) is 16.4. The molecule has 11 heteroatoms. The van der Waals surface area contributed by atoms with Gasteiger partial charge < -0.3 is 32.3 Å². The van der Waals surface area contributed by atoms with E-state index < -0.39 is 5.91 Å². The van der Waals surface area contributed by atoms with Crippen molar-refractivity contribution >= 4 is 45.3 Å². The van der Waals surface area contributed by atoms with E-state index in [0.717, 1.165) is 37.2 Å². The molecule has 34 heavy (non-hydrogen) atoms. The van der Waals surface area contributed by atoms with Crippen LogP contribution in [0.2, 0.25) is 0 Å². The number of hydrogen-bond donors (Lipinski definition) is 5. The highest BCUT2D eigenvalue weighted by Crippen LogP contribution is 2.32. The maximum atomic E-state index is 13.0. The van der Waals surface area contributed by atoms with Gasteiger partial charge in [0.15, 0.2) is 5.69 Å². The number of nitrogen functional groups attached to an aromatic ring is 1. The summed E-state index contributed by atoms with van der Waals surface area (Å²) in [6.07, 6.45) is 5.31. The van der Waals surface area contributed by atoms with Gasteiger partial charge in [-0.15, -0.1) is 0 Å². The van der Waals surface area contributed by atoms with E-state index >= 15 is 0 Å². The molecular formula is C23H28N8O2S. The molecule has 4 rings (SSSR count). The van der Waals surface area contributed by atoms with Gasteiger partial charge in [0, 0.05) is 43.1 Å². The number of nitrogens with one attached hydrogen (secondary N) is 3. The molecule has 3 amide bonds. The Morgan fingerprint density at radius 1 is 1.21 bits per heavy atom. The molecule has 0 spiro atoms. The lowest BCUT2D eigenvalue weighted by Crippen LogP contribution is -2.43. The zero-order valence-electron chi connectivity index (χ0n) is 18.9. The van der Waals surface area contributed by atoms with E-state index in [2.05, 4.69) is 30.8 Å². The van der Waals surface area contributed by atoms with E-state index in [4.69, 9.17) is 11.5 Å². The third kappa shape index (κ3) is 5.43. The zero-order valence-corrected chi connectivity index (χ0v) is 19.7. The van der Waals surface area contributed by atoms with Gasteiger partial charge in [-0.25, -0.2) is 9.78 Å². The number of rotatable bonds is 6. The summed E-state index contributed by atoms with van der Waals surface area (Å²) in [5, 5.41) is 9.27. The molecule has 10 nitrogen and oxygen atoms in total. The highest BCUT2D eigenvalue weighted by molar-refractivity contribution is 7.19. The number of pyridine rings is 1. The lowest BCUT2D eigenvalue weighted by Gasteiger charge is -2.33. The summed E-state index contributed by atoms with van der Waals surface area (Å²) < 4.78 is 0. The normalized spacial score (nSPS) is 15.6. The van der Waals surface area contributed by atoms with Gasteiger partial charge in [-0.05, 0) is 50.1 Å². The minimum atomic E-state index is -0.398. The van der Waals surface area contributed by atoms with Crippen LogP contribution in [0.3, 0.4) is 0 Å². The molecule has 1 aromatic carbocycles. The van der Waals surface area contributed by atoms with Crippen molar-refractivity contribution in [3.63, 3.8) is 0 Å². The number of nitrogens with two attached hydrogens (primary N) is 2. The number of aromatic nitrogens is 2. The molecule has 0 radical (unpaired) electrons. The van der Waals surface area contributed by atoms with Crippen LogP contribution >= 0.6 is 11.3 Å². The van der Waals surface area contributed by atoms with Crippen LogP contribution in [0.1, 0.15) is 30.3 Å². The second-order valence-corrected chi connectivity index (χ2v) is 9.02. The molecule has 7 N–H and O–H groups in total. The smallest absolute Gasteiger partial charge is 0.319 e. The monoisotopic (exact) mass is 480 g/mol. The van der Waals surface area contributed by atoms with E-state index in [-0.39, 0.29) is 17.8 Å². The van der Waals surface area contributed by atoms with Crippen molar-refractivity contribution in [3.05, 3.63) is 48.4 Å². The summed E-state index contributed by atoms with van der Waals surface area (Å²) >= 11 is 1.23. The molecule has 1 saturated heterocycles. The van der Waals surface area contributed by atoms with Crippen molar-refractivity contribution in [2.75, 3.05) is 40.9 Å². The third-order valence-corrected chi connectivity index (χ3v) is 6.37. The molecule has 0 saturated carbocycles. The van der Waals surface area contributed by atoms with E-state index in [1.54, 1.807) is 24.5 Å². The molecule has 1 aliphatic heterocycles. The van der Waals surface area contributed by atoms with Crippen LogP contribution in [-0.2, 0) is 0 Å². The zero-order chi connectivity index (χ0) is 24.1. The van der Waals surface area contributed by atoms with Gasteiger partial charge in [0.2, 0.25) is 0 Å². The maximum absolute atomic E-state index is 13.0. The van der Waals surface area contributed by atoms with Crippen molar-refractivity contribution in [3.8, 4) is 10.6 Å². The van der Waals surface area contributed by atoms with E-state index in [1.807, 2.05) is 25.1 Å². The fourth-order valence-electron chi connectivity index (χ4n) is 3.82. The average molecular weight is 481 g/mol. The van der Waals surface area contributed by atoms with Gasteiger partial charge >= 0.3 is 6.03 Å². The summed E-state index contributed by atoms with van der Waals surface area (Å²) in [5.41, 5.74) is 15.4. The second kappa shape index (κ2) is 10.5. The Kier molecular flexibility index (Phi) is 7.24. The second-order valence-electron chi connectivity index (χ2n) is 7.99. The molecule has 3 heterocycles. The van der Waals surface area contributed by atoms with E-state index in [1.165, 1.54) is 11.3 Å². The number of carbonyl (C=O) groups is 2. The topological polar surface area (TPSA) is 151 Å². The van der Waals surface area contributed by atoms with Crippen LogP contribution in [0.25, 0.3) is 10.6 Å². The largest absolute Gasteiger partial charge is 0.389 e. The van der Waals surface area contributed by atoms with Crippen LogP contribution in [0.4, 0.5) is 26.9 Å². The Morgan fingerprint density at radius 2 is 2.00 bits per heavy atom. The fourth-order valence-corrected chi connectivity index (χ4v) is 4.65. The van der Waals surface area contributed by atoms with Crippen LogP contribution in [0.15, 0.2) is 42.7 Å². The highest BCUT2D eigenvalue weighted by Gasteiger charge is 2.22. The molecule has 178 valence electrons. The van der Waals surface area contributed by atoms with E-state index in [0.29, 0.717) is 27.9 Å². The van der Waals surface area contributed by atoms with Crippen molar-refractivity contribution in [2.45, 2.75) is 25.8 Å². The molecule has 1 fully saturated rings. The number of benzene rings is 1. The first kappa shape index (κ1) is 23.5. The van der Waals surface area contributed by atoms with Gasteiger partial charge in [-0.1, -0.05) is 11.3 Å². The molecule has 0 bridgehead atoms.